The van der Waals surface area contributed by atoms with Crippen LogP contribution in [0.4, 0.5) is 5.69 Å². The van der Waals surface area contributed by atoms with E-state index in [0.29, 0.717) is 0 Å². The van der Waals surface area contributed by atoms with Gasteiger partial charge in [-0.3, -0.25) is 4.98 Å². The number of thiazole rings is 1. The highest BCUT2D eigenvalue weighted by atomic mass is 32.1. The van der Waals surface area contributed by atoms with Crippen LogP contribution in [0.3, 0.4) is 0 Å². The quantitative estimate of drug-likeness (QED) is 0.781. The molecule has 3 nitrogen and oxygen atoms in total. The maximum absolute atomic E-state index is 4.34. The van der Waals surface area contributed by atoms with Crippen LogP contribution in [0.2, 0.25) is 0 Å². The molecule has 0 unspecified atom stereocenters. The van der Waals surface area contributed by atoms with Crippen LogP contribution in [0.15, 0.2) is 54.2 Å². The zero-order chi connectivity index (χ0) is 13.8. The van der Waals surface area contributed by atoms with Crippen molar-refractivity contribution in [2.24, 2.45) is 0 Å². The van der Waals surface area contributed by atoms with Gasteiger partial charge in [0.1, 0.15) is 5.01 Å². The lowest BCUT2D eigenvalue weighted by molar-refractivity contribution is 1.09. The van der Waals surface area contributed by atoms with Crippen LogP contribution in [0, 0.1) is 6.92 Å². The summed E-state index contributed by atoms with van der Waals surface area (Å²) in [6, 6.07) is 12.5. The van der Waals surface area contributed by atoms with Crippen molar-refractivity contribution in [2.45, 2.75) is 13.5 Å². The van der Waals surface area contributed by atoms with E-state index in [2.05, 4.69) is 39.6 Å². The van der Waals surface area contributed by atoms with Gasteiger partial charge in [-0.1, -0.05) is 18.2 Å². The fourth-order valence-electron chi connectivity index (χ4n) is 1.94. The number of rotatable bonds is 4. The third kappa shape index (κ3) is 3.03. The molecule has 0 fully saturated rings. The summed E-state index contributed by atoms with van der Waals surface area (Å²) in [5, 5.41) is 6.46. The van der Waals surface area contributed by atoms with Gasteiger partial charge in [-0.2, -0.15) is 0 Å². The zero-order valence-corrected chi connectivity index (χ0v) is 12.0. The molecule has 20 heavy (non-hydrogen) atoms. The van der Waals surface area contributed by atoms with Crippen LogP contribution in [0.1, 0.15) is 11.3 Å². The van der Waals surface area contributed by atoms with Gasteiger partial charge >= 0.3 is 0 Å². The number of anilines is 1. The molecule has 0 spiro atoms. The molecule has 0 saturated heterocycles. The van der Waals surface area contributed by atoms with E-state index in [1.807, 2.05) is 36.8 Å². The Morgan fingerprint density at radius 2 is 2.10 bits per heavy atom. The smallest absolute Gasteiger partial charge is 0.123 e. The minimum Gasteiger partial charge on any atom is -0.381 e. The van der Waals surface area contributed by atoms with Crippen molar-refractivity contribution < 1.29 is 0 Å². The van der Waals surface area contributed by atoms with E-state index in [4.69, 9.17) is 0 Å². The van der Waals surface area contributed by atoms with Crippen LogP contribution in [-0.2, 0) is 6.54 Å². The zero-order valence-electron chi connectivity index (χ0n) is 11.2. The van der Waals surface area contributed by atoms with Crippen LogP contribution >= 0.6 is 11.3 Å². The summed E-state index contributed by atoms with van der Waals surface area (Å²) >= 11 is 1.65. The van der Waals surface area contributed by atoms with Crippen molar-refractivity contribution in [3.63, 3.8) is 0 Å². The molecule has 0 atom stereocenters. The normalized spacial score (nSPS) is 10.4. The van der Waals surface area contributed by atoms with Crippen LogP contribution in [-0.4, -0.2) is 9.97 Å². The van der Waals surface area contributed by atoms with Crippen LogP contribution in [0.25, 0.3) is 10.6 Å². The van der Waals surface area contributed by atoms with Gasteiger partial charge in [0, 0.05) is 41.3 Å². The third-order valence-corrected chi connectivity index (χ3v) is 3.83. The lowest BCUT2D eigenvalue weighted by Crippen LogP contribution is -2.00. The number of benzene rings is 1. The van der Waals surface area contributed by atoms with E-state index in [1.165, 1.54) is 5.56 Å². The summed E-state index contributed by atoms with van der Waals surface area (Å²) in [4.78, 5) is 8.64. The topological polar surface area (TPSA) is 37.8 Å². The van der Waals surface area contributed by atoms with Crippen molar-refractivity contribution in [2.75, 3.05) is 5.32 Å². The molecule has 1 aromatic carbocycles. The van der Waals surface area contributed by atoms with Gasteiger partial charge in [-0.15, -0.1) is 11.3 Å². The molecule has 3 rings (SSSR count). The minimum atomic E-state index is 0.772. The standard InChI is InChI=1S/C16H15N3S/c1-12-5-6-13(10-18-12)11-19-15-4-2-3-14(9-15)16-17-7-8-20-16/h2-10,19H,11H2,1H3. The Morgan fingerprint density at radius 1 is 1.15 bits per heavy atom. The average Bonchev–Trinajstić information content (AvgIpc) is 3.01. The number of hydrogen-bond acceptors (Lipinski definition) is 4. The summed E-state index contributed by atoms with van der Waals surface area (Å²) in [7, 11) is 0. The largest absolute Gasteiger partial charge is 0.381 e. The molecular formula is C16H15N3S. The van der Waals surface area contributed by atoms with E-state index >= 15 is 0 Å². The number of nitrogens with one attached hydrogen (secondary N) is 1. The van der Waals surface area contributed by atoms with Crippen molar-refractivity contribution in [3.8, 4) is 10.6 Å². The van der Waals surface area contributed by atoms with Crippen molar-refractivity contribution in [3.05, 3.63) is 65.4 Å². The summed E-state index contributed by atoms with van der Waals surface area (Å²) in [5.41, 5.74) is 4.46. The number of aryl methyl sites for hydroxylation is 1. The van der Waals surface area contributed by atoms with E-state index in [9.17, 15) is 0 Å². The number of hydrogen-bond donors (Lipinski definition) is 1. The average molecular weight is 281 g/mol. The fourth-order valence-corrected chi connectivity index (χ4v) is 2.57. The second-order valence-corrected chi connectivity index (χ2v) is 5.47. The van der Waals surface area contributed by atoms with Crippen LogP contribution < -0.4 is 5.32 Å². The van der Waals surface area contributed by atoms with Crippen molar-refractivity contribution in [1.29, 1.82) is 0 Å². The summed E-state index contributed by atoms with van der Waals surface area (Å²) in [5.74, 6) is 0. The van der Waals surface area contributed by atoms with Crippen molar-refractivity contribution in [1.82, 2.24) is 9.97 Å². The van der Waals surface area contributed by atoms with Gasteiger partial charge in [0.25, 0.3) is 0 Å². The molecule has 0 saturated carbocycles. The van der Waals surface area contributed by atoms with E-state index in [0.717, 1.165) is 28.5 Å². The summed E-state index contributed by atoms with van der Waals surface area (Å²) < 4.78 is 0. The molecule has 4 heteroatoms. The first kappa shape index (κ1) is 12.8. The summed E-state index contributed by atoms with van der Waals surface area (Å²) in [6.45, 7) is 2.77. The molecule has 1 N–H and O–H groups in total. The highest BCUT2D eigenvalue weighted by molar-refractivity contribution is 7.13. The van der Waals surface area contributed by atoms with Gasteiger partial charge < -0.3 is 5.32 Å². The second-order valence-electron chi connectivity index (χ2n) is 4.58. The van der Waals surface area contributed by atoms with Crippen LogP contribution in [0.5, 0.6) is 0 Å². The fraction of sp³-hybridized carbons (Fsp3) is 0.125. The Labute approximate surface area is 122 Å². The van der Waals surface area contributed by atoms with Gasteiger partial charge in [0.05, 0.1) is 0 Å². The number of nitrogens with zero attached hydrogens (tertiary/aromatic N) is 2. The monoisotopic (exact) mass is 281 g/mol. The lowest BCUT2D eigenvalue weighted by atomic mass is 10.2. The predicted octanol–water partition coefficient (Wildman–Crippen LogP) is 4.13. The maximum atomic E-state index is 4.34. The van der Waals surface area contributed by atoms with Crippen molar-refractivity contribution >= 4 is 17.0 Å². The summed E-state index contributed by atoms with van der Waals surface area (Å²) in [6.07, 6.45) is 3.74. The molecule has 3 aromatic rings. The molecule has 2 aromatic heterocycles. The molecule has 2 heterocycles. The molecule has 100 valence electrons. The Balaban J connectivity index is 1.72. The first-order chi connectivity index (χ1) is 9.81. The molecule has 0 amide bonds. The van der Waals surface area contributed by atoms with E-state index in [1.54, 1.807) is 11.3 Å². The highest BCUT2D eigenvalue weighted by Crippen LogP contribution is 2.24. The third-order valence-electron chi connectivity index (χ3n) is 3.01. The molecule has 0 bridgehead atoms. The number of aromatic nitrogens is 2. The van der Waals surface area contributed by atoms with Gasteiger partial charge in [-0.25, -0.2) is 4.98 Å². The first-order valence-corrected chi connectivity index (χ1v) is 7.34. The van der Waals surface area contributed by atoms with Gasteiger partial charge in [0.15, 0.2) is 0 Å². The Kier molecular flexibility index (Phi) is 3.74. The molecule has 0 radical (unpaired) electrons. The lowest BCUT2D eigenvalue weighted by Gasteiger charge is -2.07. The minimum absolute atomic E-state index is 0.772. The number of pyridine rings is 1. The van der Waals surface area contributed by atoms with Gasteiger partial charge in [0.2, 0.25) is 0 Å². The SMILES string of the molecule is Cc1ccc(CNc2cccc(-c3nccs3)c2)cn1. The van der Waals surface area contributed by atoms with E-state index < -0.39 is 0 Å². The Hall–Kier alpha value is -2.20. The molecule has 0 aliphatic heterocycles. The van der Waals surface area contributed by atoms with E-state index in [-0.39, 0.29) is 0 Å². The Bertz CT molecular complexity index is 675. The second kappa shape index (κ2) is 5.84. The predicted molar refractivity (Wildman–Crippen MR) is 83.9 cm³/mol. The molecular weight excluding hydrogens is 266 g/mol. The highest BCUT2D eigenvalue weighted by Gasteiger charge is 2.01. The molecule has 0 aliphatic rings. The van der Waals surface area contributed by atoms with Gasteiger partial charge in [-0.05, 0) is 30.7 Å². The Morgan fingerprint density at radius 3 is 2.85 bits per heavy atom. The maximum Gasteiger partial charge on any atom is 0.123 e. The molecule has 0 aliphatic carbocycles. The first-order valence-electron chi connectivity index (χ1n) is 6.46.